The van der Waals surface area contributed by atoms with Crippen LogP contribution in [-0.2, 0) is 4.74 Å². The number of benzene rings is 1. The van der Waals surface area contributed by atoms with Gasteiger partial charge in [-0.2, -0.15) is 0 Å². The van der Waals surface area contributed by atoms with Gasteiger partial charge in [0.1, 0.15) is 12.4 Å². The number of rotatable bonds is 10. The van der Waals surface area contributed by atoms with Crippen LogP contribution in [0.4, 0.5) is 0 Å². The van der Waals surface area contributed by atoms with Crippen LogP contribution in [0, 0.1) is 12.8 Å². The summed E-state index contributed by atoms with van der Waals surface area (Å²) < 4.78 is 5.99. The number of nitrogens with zero attached hydrogens (tertiary/aromatic N) is 2. The lowest BCUT2D eigenvalue weighted by Gasteiger charge is -2.34. The van der Waals surface area contributed by atoms with Crippen molar-refractivity contribution in [1.29, 1.82) is 0 Å². The van der Waals surface area contributed by atoms with Crippen LogP contribution in [0.15, 0.2) is 84.4 Å². The maximum absolute atomic E-state index is 5.99. The molecule has 1 aromatic heterocycles. The third-order valence-corrected chi connectivity index (χ3v) is 6.55. The van der Waals surface area contributed by atoms with E-state index >= 15 is 0 Å². The number of piperidine rings is 1. The highest BCUT2D eigenvalue weighted by molar-refractivity contribution is 5.31. The summed E-state index contributed by atoms with van der Waals surface area (Å²) in [7, 11) is 0. The molecule has 1 aliphatic rings. The smallest absolute Gasteiger partial charge is 0.117 e. The highest BCUT2D eigenvalue weighted by Crippen LogP contribution is 2.27. The van der Waals surface area contributed by atoms with Gasteiger partial charge in [-0.3, -0.25) is 9.88 Å². The SMILES string of the molecule is C=C(NC(c1ccc(C)cc1)c1ccccn1)C1CCN(CCOC(=C/C)/C(C)=C\C)CC1. The highest BCUT2D eigenvalue weighted by atomic mass is 16.5. The third kappa shape index (κ3) is 7.06. The number of nitrogens with one attached hydrogen (secondary N) is 1. The fourth-order valence-electron chi connectivity index (χ4n) is 4.29. The Bertz CT molecular complexity index is 939. The molecule has 0 amide bonds. The van der Waals surface area contributed by atoms with E-state index in [1.807, 2.05) is 38.3 Å². The minimum Gasteiger partial charge on any atom is -0.492 e. The number of hydrogen-bond acceptors (Lipinski definition) is 4. The summed E-state index contributed by atoms with van der Waals surface area (Å²) in [6.07, 6.45) is 8.22. The van der Waals surface area contributed by atoms with Gasteiger partial charge in [0.2, 0.25) is 0 Å². The molecule has 176 valence electrons. The number of likely N-dealkylation sites (tertiary alicyclic amines) is 1. The van der Waals surface area contributed by atoms with Crippen LogP contribution in [0.2, 0.25) is 0 Å². The summed E-state index contributed by atoms with van der Waals surface area (Å²) in [5, 5.41) is 3.72. The number of pyridine rings is 1. The lowest BCUT2D eigenvalue weighted by Crippen LogP contribution is -2.38. The fraction of sp³-hybridized carbons (Fsp3) is 0.414. The van der Waals surface area contributed by atoms with Crippen LogP contribution >= 0.6 is 0 Å². The van der Waals surface area contributed by atoms with Gasteiger partial charge in [0.15, 0.2) is 0 Å². The summed E-state index contributed by atoms with van der Waals surface area (Å²) in [5.74, 6) is 1.46. The second kappa shape index (κ2) is 12.4. The maximum Gasteiger partial charge on any atom is 0.117 e. The summed E-state index contributed by atoms with van der Waals surface area (Å²) in [6, 6.07) is 14.8. The van der Waals surface area contributed by atoms with Gasteiger partial charge in [0, 0.05) is 24.4 Å². The number of ether oxygens (including phenoxy) is 1. The average Bonchev–Trinajstić information content (AvgIpc) is 2.86. The largest absolute Gasteiger partial charge is 0.492 e. The summed E-state index contributed by atoms with van der Waals surface area (Å²) in [6.45, 7) is 16.6. The minimum absolute atomic E-state index is 0.0137. The maximum atomic E-state index is 5.99. The number of aryl methyl sites for hydroxylation is 1. The molecule has 1 aliphatic heterocycles. The Kier molecular flexibility index (Phi) is 9.32. The lowest BCUT2D eigenvalue weighted by molar-refractivity contribution is 0.134. The molecule has 0 saturated carbocycles. The Balaban J connectivity index is 1.54. The van der Waals surface area contributed by atoms with Crippen LogP contribution < -0.4 is 5.32 Å². The van der Waals surface area contributed by atoms with Gasteiger partial charge in [0.05, 0.1) is 11.7 Å². The normalized spacial score (nSPS) is 17.0. The Hall–Kier alpha value is -2.85. The molecule has 1 N–H and O–H groups in total. The van der Waals surface area contributed by atoms with E-state index in [0.29, 0.717) is 5.92 Å². The van der Waals surface area contributed by atoms with Crippen molar-refractivity contribution in [3.63, 3.8) is 0 Å². The van der Waals surface area contributed by atoms with Crippen molar-refractivity contribution in [3.05, 3.63) is 101 Å². The number of aromatic nitrogens is 1. The zero-order valence-electron chi connectivity index (χ0n) is 20.7. The zero-order valence-corrected chi connectivity index (χ0v) is 20.7. The van der Waals surface area contributed by atoms with Crippen molar-refractivity contribution in [1.82, 2.24) is 15.2 Å². The van der Waals surface area contributed by atoms with Gasteiger partial charge >= 0.3 is 0 Å². The van der Waals surface area contributed by atoms with Gasteiger partial charge in [-0.1, -0.05) is 48.6 Å². The Morgan fingerprint density at radius 3 is 2.48 bits per heavy atom. The average molecular weight is 446 g/mol. The van der Waals surface area contributed by atoms with E-state index in [1.54, 1.807) is 0 Å². The molecule has 1 fully saturated rings. The first-order chi connectivity index (χ1) is 16.0. The second-order valence-electron chi connectivity index (χ2n) is 8.86. The van der Waals surface area contributed by atoms with Crippen LogP contribution in [0.1, 0.15) is 56.5 Å². The van der Waals surface area contributed by atoms with Crippen molar-refractivity contribution in [3.8, 4) is 0 Å². The fourth-order valence-corrected chi connectivity index (χ4v) is 4.29. The van der Waals surface area contributed by atoms with E-state index in [2.05, 4.69) is 72.0 Å². The monoisotopic (exact) mass is 445 g/mol. The van der Waals surface area contributed by atoms with Gasteiger partial charge in [-0.25, -0.2) is 0 Å². The van der Waals surface area contributed by atoms with E-state index in [9.17, 15) is 0 Å². The molecular formula is C29H39N3O. The molecule has 0 spiro atoms. The standard InChI is InChI=1S/C29H39N3O/c1-6-23(4)28(7-2)33-21-20-32-18-15-25(16-19-32)24(5)31-29(27-10-8-9-17-30-27)26-13-11-22(3)12-14-26/h6-14,17,25,29,31H,5,15-16,18-21H2,1-4H3/b23-6-,28-7+. The molecule has 2 heterocycles. The summed E-state index contributed by atoms with van der Waals surface area (Å²) in [4.78, 5) is 7.13. The summed E-state index contributed by atoms with van der Waals surface area (Å²) in [5.41, 5.74) is 5.80. The molecule has 1 aromatic carbocycles. The molecule has 1 atom stereocenters. The molecule has 2 aromatic rings. The van der Waals surface area contributed by atoms with Crippen molar-refractivity contribution in [2.45, 2.75) is 46.6 Å². The molecule has 0 bridgehead atoms. The Labute approximate surface area is 200 Å². The minimum atomic E-state index is 0.0137. The molecule has 4 heteroatoms. The number of hydrogen-bond donors (Lipinski definition) is 1. The van der Waals surface area contributed by atoms with Gasteiger partial charge in [-0.15, -0.1) is 0 Å². The zero-order chi connectivity index (χ0) is 23.6. The van der Waals surface area contributed by atoms with Crippen molar-refractivity contribution in [2.24, 2.45) is 5.92 Å². The van der Waals surface area contributed by atoms with Gasteiger partial charge in [-0.05, 0) is 83.0 Å². The molecule has 3 rings (SSSR count). The molecule has 0 aliphatic carbocycles. The topological polar surface area (TPSA) is 37.4 Å². The van der Waals surface area contributed by atoms with E-state index in [-0.39, 0.29) is 6.04 Å². The van der Waals surface area contributed by atoms with Crippen LogP contribution in [0.5, 0.6) is 0 Å². The van der Waals surface area contributed by atoms with E-state index in [1.165, 1.54) is 16.7 Å². The molecular weight excluding hydrogens is 406 g/mol. The van der Waals surface area contributed by atoms with E-state index in [0.717, 1.165) is 56.2 Å². The predicted octanol–water partition coefficient (Wildman–Crippen LogP) is 6.18. The van der Waals surface area contributed by atoms with Gasteiger partial charge in [0.25, 0.3) is 0 Å². The molecule has 1 unspecified atom stereocenters. The number of allylic oxidation sites excluding steroid dienone is 4. The first-order valence-corrected chi connectivity index (χ1v) is 12.1. The second-order valence-corrected chi connectivity index (χ2v) is 8.86. The molecule has 1 saturated heterocycles. The predicted molar refractivity (Wildman–Crippen MR) is 138 cm³/mol. The van der Waals surface area contributed by atoms with Gasteiger partial charge < -0.3 is 10.1 Å². The van der Waals surface area contributed by atoms with Crippen LogP contribution in [0.3, 0.4) is 0 Å². The first-order valence-electron chi connectivity index (χ1n) is 12.1. The quantitative estimate of drug-likeness (QED) is 0.350. The summed E-state index contributed by atoms with van der Waals surface area (Å²) >= 11 is 0. The third-order valence-electron chi connectivity index (χ3n) is 6.55. The van der Waals surface area contributed by atoms with Crippen molar-refractivity contribution < 1.29 is 4.74 Å². The van der Waals surface area contributed by atoms with Crippen molar-refractivity contribution >= 4 is 0 Å². The van der Waals surface area contributed by atoms with Crippen molar-refractivity contribution in [2.75, 3.05) is 26.2 Å². The highest BCUT2D eigenvalue weighted by Gasteiger charge is 2.24. The Morgan fingerprint density at radius 2 is 1.88 bits per heavy atom. The van der Waals surface area contributed by atoms with E-state index < -0.39 is 0 Å². The molecule has 33 heavy (non-hydrogen) atoms. The first kappa shape index (κ1) is 24.8. The van der Waals surface area contributed by atoms with Crippen LogP contribution in [-0.4, -0.2) is 36.1 Å². The lowest BCUT2D eigenvalue weighted by atomic mass is 9.92. The molecule has 0 radical (unpaired) electrons. The van der Waals surface area contributed by atoms with Crippen LogP contribution in [0.25, 0.3) is 0 Å². The molecule has 4 nitrogen and oxygen atoms in total. The Morgan fingerprint density at radius 1 is 1.15 bits per heavy atom. The van der Waals surface area contributed by atoms with E-state index in [4.69, 9.17) is 4.74 Å².